The fraction of sp³-hybridized carbons (Fsp3) is 0.571. The molecule has 108 valence electrons. The lowest BCUT2D eigenvalue weighted by Gasteiger charge is -2.32. The van der Waals surface area contributed by atoms with Crippen LogP contribution in [-0.2, 0) is 0 Å². The second-order valence-electron chi connectivity index (χ2n) is 5.16. The largest absolute Gasteiger partial charge is 0.365 e. The molecule has 1 aliphatic heterocycles. The molecule has 3 rings (SSSR count). The number of hydrogen-bond acceptors (Lipinski definition) is 6. The van der Waals surface area contributed by atoms with Gasteiger partial charge in [-0.15, -0.1) is 11.3 Å². The second-order valence-corrected chi connectivity index (χ2v) is 6.06. The molecule has 0 aromatic carbocycles. The van der Waals surface area contributed by atoms with Crippen LogP contribution in [0, 0.1) is 0 Å². The van der Waals surface area contributed by atoms with Gasteiger partial charge in [0.25, 0.3) is 0 Å². The number of hydrogen-bond donors (Lipinski definition) is 2. The minimum absolute atomic E-state index is 0.478. The Hall–Kier alpha value is -1.40. The zero-order valence-corrected chi connectivity index (χ0v) is 12.8. The zero-order chi connectivity index (χ0) is 13.9. The molecule has 1 aliphatic rings. The van der Waals surface area contributed by atoms with Crippen LogP contribution in [0.1, 0.15) is 19.8 Å². The van der Waals surface area contributed by atoms with E-state index in [1.807, 2.05) is 7.05 Å². The van der Waals surface area contributed by atoms with Gasteiger partial charge in [-0.05, 0) is 37.4 Å². The van der Waals surface area contributed by atoms with Crippen molar-refractivity contribution in [1.82, 2.24) is 14.9 Å². The summed E-state index contributed by atoms with van der Waals surface area (Å²) in [6.45, 7) is 5.66. The summed E-state index contributed by atoms with van der Waals surface area (Å²) in [5.41, 5.74) is 0. The van der Waals surface area contributed by atoms with E-state index in [-0.39, 0.29) is 0 Å². The van der Waals surface area contributed by atoms with Crippen molar-refractivity contribution in [3.05, 3.63) is 11.4 Å². The number of piperidine rings is 1. The van der Waals surface area contributed by atoms with E-state index < -0.39 is 0 Å². The first kappa shape index (κ1) is 13.6. The molecule has 1 unspecified atom stereocenters. The molecule has 1 atom stereocenters. The topological polar surface area (TPSA) is 53.1 Å². The van der Waals surface area contributed by atoms with Gasteiger partial charge in [0, 0.05) is 19.6 Å². The minimum Gasteiger partial charge on any atom is -0.365 e. The quantitative estimate of drug-likeness (QED) is 0.907. The van der Waals surface area contributed by atoms with E-state index in [9.17, 15) is 0 Å². The summed E-state index contributed by atoms with van der Waals surface area (Å²) >= 11 is 1.66. The molecule has 2 aromatic heterocycles. The van der Waals surface area contributed by atoms with Crippen LogP contribution in [0.5, 0.6) is 0 Å². The molecule has 20 heavy (non-hydrogen) atoms. The highest BCUT2D eigenvalue weighted by molar-refractivity contribution is 7.16. The van der Waals surface area contributed by atoms with E-state index in [0.29, 0.717) is 12.0 Å². The molecular formula is C14H21N5S. The summed E-state index contributed by atoms with van der Waals surface area (Å²) < 4.78 is 0. The number of rotatable bonds is 4. The smallest absolute Gasteiger partial charge is 0.225 e. The lowest BCUT2D eigenvalue weighted by atomic mass is 10.1. The summed E-state index contributed by atoms with van der Waals surface area (Å²) in [5, 5.41) is 9.86. The van der Waals surface area contributed by atoms with Gasteiger partial charge in [-0.25, -0.2) is 4.98 Å². The third kappa shape index (κ3) is 2.71. The Morgan fingerprint density at radius 1 is 1.45 bits per heavy atom. The Morgan fingerprint density at radius 2 is 2.35 bits per heavy atom. The van der Waals surface area contributed by atoms with E-state index in [1.165, 1.54) is 19.4 Å². The van der Waals surface area contributed by atoms with Crippen molar-refractivity contribution in [3.63, 3.8) is 0 Å². The van der Waals surface area contributed by atoms with Crippen LogP contribution in [0.25, 0.3) is 10.2 Å². The van der Waals surface area contributed by atoms with Gasteiger partial charge in [-0.2, -0.15) is 4.98 Å². The summed E-state index contributed by atoms with van der Waals surface area (Å²) in [6.07, 6.45) is 2.46. The van der Waals surface area contributed by atoms with Crippen LogP contribution >= 0.6 is 11.3 Å². The molecular weight excluding hydrogens is 270 g/mol. The number of fused-ring (bicyclic) bond motifs is 1. The molecule has 2 aromatic rings. The molecule has 1 saturated heterocycles. The fourth-order valence-electron chi connectivity index (χ4n) is 2.73. The standard InChI is InChI=1S/C14H21N5S/c1-3-19-7-4-5-10(9-19)16-12-11-6-8-20-13(11)18-14(15-2)17-12/h6,8,10H,3-5,7,9H2,1-2H3,(H2,15,16,17,18). The summed E-state index contributed by atoms with van der Waals surface area (Å²) in [4.78, 5) is 12.6. The van der Waals surface area contributed by atoms with E-state index in [2.05, 4.69) is 43.9 Å². The van der Waals surface area contributed by atoms with E-state index in [1.54, 1.807) is 11.3 Å². The number of nitrogens with zero attached hydrogens (tertiary/aromatic N) is 3. The maximum Gasteiger partial charge on any atom is 0.225 e. The van der Waals surface area contributed by atoms with Gasteiger partial charge >= 0.3 is 0 Å². The summed E-state index contributed by atoms with van der Waals surface area (Å²) in [6, 6.07) is 2.58. The Bertz CT molecular complexity index is 582. The van der Waals surface area contributed by atoms with E-state index in [0.717, 1.165) is 29.1 Å². The Labute approximate surface area is 123 Å². The molecule has 1 fully saturated rings. The molecule has 3 heterocycles. The average molecular weight is 291 g/mol. The van der Waals surface area contributed by atoms with Gasteiger partial charge in [0.2, 0.25) is 5.95 Å². The molecule has 6 heteroatoms. The van der Waals surface area contributed by atoms with Gasteiger partial charge in [0.15, 0.2) is 0 Å². The van der Waals surface area contributed by atoms with Gasteiger partial charge in [0.05, 0.1) is 5.39 Å². The molecule has 5 nitrogen and oxygen atoms in total. The van der Waals surface area contributed by atoms with Crippen LogP contribution in [-0.4, -0.2) is 47.6 Å². The first-order valence-corrected chi connectivity index (χ1v) is 8.10. The number of aromatic nitrogens is 2. The molecule has 0 radical (unpaired) electrons. The minimum atomic E-state index is 0.478. The van der Waals surface area contributed by atoms with Gasteiger partial charge in [-0.3, -0.25) is 0 Å². The number of likely N-dealkylation sites (N-methyl/N-ethyl adjacent to an activating group) is 1. The third-order valence-electron chi connectivity index (χ3n) is 3.84. The highest BCUT2D eigenvalue weighted by Gasteiger charge is 2.20. The van der Waals surface area contributed by atoms with Crippen molar-refractivity contribution >= 4 is 33.3 Å². The highest BCUT2D eigenvalue weighted by Crippen LogP contribution is 2.27. The van der Waals surface area contributed by atoms with Gasteiger partial charge in [-0.1, -0.05) is 6.92 Å². The van der Waals surface area contributed by atoms with Crippen LogP contribution < -0.4 is 10.6 Å². The molecule has 0 saturated carbocycles. The number of anilines is 2. The Balaban J connectivity index is 1.84. The fourth-order valence-corrected chi connectivity index (χ4v) is 3.50. The first-order chi connectivity index (χ1) is 9.80. The summed E-state index contributed by atoms with van der Waals surface area (Å²) in [5.74, 6) is 1.65. The predicted molar refractivity (Wildman–Crippen MR) is 85.7 cm³/mol. The predicted octanol–water partition coefficient (Wildman–Crippen LogP) is 2.63. The lowest BCUT2D eigenvalue weighted by Crippen LogP contribution is -2.42. The van der Waals surface area contributed by atoms with Crippen molar-refractivity contribution in [1.29, 1.82) is 0 Å². The monoisotopic (exact) mass is 291 g/mol. The molecule has 0 bridgehead atoms. The van der Waals surface area contributed by atoms with Gasteiger partial charge in [0.1, 0.15) is 10.6 Å². The zero-order valence-electron chi connectivity index (χ0n) is 12.0. The van der Waals surface area contributed by atoms with Crippen molar-refractivity contribution in [2.45, 2.75) is 25.8 Å². The van der Waals surface area contributed by atoms with Crippen molar-refractivity contribution in [2.24, 2.45) is 0 Å². The number of likely N-dealkylation sites (tertiary alicyclic amines) is 1. The highest BCUT2D eigenvalue weighted by atomic mass is 32.1. The number of nitrogens with one attached hydrogen (secondary N) is 2. The maximum absolute atomic E-state index is 4.59. The van der Waals surface area contributed by atoms with Crippen molar-refractivity contribution in [2.75, 3.05) is 37.3 Å². The summed E-state index contributed by atoms with van der Waals surface area (Å²) in [7, 11) is 1.86. The SMILES string of the molecule is CCN1CCCC(Nc2nc(NC)nc3sccc23)C1. The van der Waals surface area contributed by atoms with E-state index >= 15 is 0 Å². The van der Waals surface area contributed by atoms with Gasteiger partial charge < -0.3 is 15.5 Å². The van der Waals surface area contributed by atoms with Crippen LogP contribution in [0.15, 0.2) is 11.4 Å². The average Bonchev–Trinajstić information content (AvgIpc) is 2.96. The lowest BCUT2D eigenvalue weighted by molar-refractivity contribution is 0.226. The van der Waals surface area contributed by atoms with Crippen LogP contribution in [0.4, 0.5) is 11.8 Å². The van der Waals surface area contributed by atoms with Crippen molar-refractivity contribution < 1.29 is 0 Å². The number of thiophene rings is 1. The first-order valence-electron chi connectivity index (χ1n) is 7.22. The molecule has 0 amide bonds. The Kier molecular flexibility index (Phi) is 4.03. The second kappa shape index (κ2) is 5.93. The van der Waals surface area contributed by atoms with E-state index in [4.69, 9.17) is 0 Å². The van der Waals surface area contributed by atoms with Crippen molar-refractivity contribution in [3.8, 4) is 0 Å². The molecule has 0 aliphatic carbocycles. The maximum atomic E-state index is 4.59. The third-order valence-corrected chi connectivity index (χ3v) is 4.65. The Morgan fingerprint density at radius 3 is 3.15 bits per heavy atom. The van der Waals surface area contributed by atoms with Crippen LogP contribution in [0.3, 0.4) is 0 Å². The molecule has 0 spiro atoms. The molecule has 2 N–H and O–H groups in total. The normalized spacial score (nSPS) is 20.2. The van der Waals surface area contributed by atoms with Crippen LogP contribution in [0.2, 0.25) is 0 Å².